The summed E-state index contributed by atoms with van der Waals surface area (Å²) >= 11 is 0. The van der Waals surface area contributed by atoms with Crippen LogP contribution in [0.5, 0.6) is 11.5 Å². The predicted molar refractivity (Wildman–Crippen MR) is 91.5 cm³/mol. The Hall–Kier alpha value is -3.68. The molecule has 0 amide bonds. The first kappa shape index (κ1) is 14.9. The average molecular weight is 335 g/mol. The Bertz CT molecular complexity index is 1050. The molecule has 0 fully saturated rings. The molecule has 8 heteroatoms. The van der Waals surface area contributed by atoms with E-state index in [2.05, 4.69) is 15.3 Å². The van der Waals surface area contributed by atoms with E-state index >= 15 is 0 Å². The molecule has 0 saturated carbocycles. The monoisotopic (exact) mass is 335 g/mol. The second-order valence-electron chi connectivity index (χ2n) is 5.52. The summed E-state index contributed by atoms with van der Waals surface area (Å²) in [5.74, 6) is 1.13. The fourth-order valence-corrected chi connectivity index (χ4v) is 2.65. The zero-order valence-electron chi connectivity index (χ0n) is 13.2. The molecule has 4 aromatic rings. The minimum atomic E-state index is -0.442. The molecule has 8 nitrogen and oxygen atoms in total. The number of benzene rings is 2. The van der Waals surface area contributed by atoms with Crippen LogP contribution >= 0.6 is 0 Å². The normalized spacial score (nSPS) is 10.9. The molecule has 0 saturated heterocycles. The molecule has 0 bridgehead atoms. The maximum absolute atomic E-state index is 10.8. The second-order valence-corrected chi connectivity index (χ2v) is 5.52. The van der Waals surface area contributed by atoms with Gasteiger partial charge in [-0.15, -0.1) is 0 Å². The summed E-state index contributed by atoms with van der Waals surface area (Å²) in [6.07, 6.45) is 5.25. The number of aromatic nitrogens is 4. The number of fused-ring (bicyclic) bond motifs is 1. The molecule has 0 atom stereocenters. The van der Waals surface area contributed by atoms with Gasteiger partial charge in [-0.2, -0.15) is 10.2 Å². The number of aryl methyl sites for hydroxylation is 1. The van der Waals surface area contributed by atoms with E-state index in [-0.39, 0.29) is 5.69 Å². The van der Waals surface area contributed by atoms with E-state index in [1.54, 1.807) is 35.4 Å². The number of rotatable bonds is 4. The standard InChI is InChI=1S/C17H13N5O3/c1-21-16-7-15(12-8-18-19-9-12)17(6-11(16)10-20-21)25-14-4-2-13(3-5-14)22(23)24/h2-10H,1H3,(H,18,19). The molecule has 0 aliphatic carbocycles. The number of non-ortho nitro benzene ring substituents is 1. The summed E-state index contributed by atoms with van der Waals surface area (Å²) in [6, 6.07) is 9.85. The van der Waals surface area contributed by atoms with Gasteiger partial charge in [0.15, 0.2) is 0 Å². The first-order valence-electron chi connectivity index (χ1n) is 7.49. The third-order valence-corrected chi connectivity index (χ3v) is 3.93. The lowest BCUT2D eigenvalue weighted by Crippen LogP contribution is -1.92. The van der Waals surface area contributed by atoms with Gasteiger partial charge in [-0.05, 0) is 24.3 Å². The highest BCUT2D eigenvalue weighted by Gasteiger charge is 2.13. The molecule has 0 unspecified atom stereocenters. The van der Waals surface area contributed by atoms with Crippen LogP contribution in [0.1, 0.15) is 0 Å². The van der Waals surface area contributed by atoms with Crippen LogP contribution in [0.3, 0.4) is 0 Å². The molecule has 124 valence electrons. The predicted octanol–water partition coefficient (Wildman–Crippen LogP) is 3.66. The van der Waals surface area contributed by atoms with Crippen molar-refractivity contribution in [1.29, 1.82) is 0 Å². The minimum absolute atomic E-state index is 0.0186. The highest BCUT2D eigenvalue weighted by atomic mass is 16.6. The van der Waals surface area contributed by atoms with Gasteiger partial charge in [-0.1, -0.05) is 0 Å². The summed E-state index contributed by atoms with van der Waals surface area (Å²) in [7, 11) is 1.87. The topological polar surface area (TPSA) is 98.9 Å². The zero-order valence-corrected chi connectivity index (χ0v) is 13.2. The third kappa shape index (κ3) is 2.69. The van der Waals surface area contributed by atoms with Crippen LogP contribution in [-0.2, 0) is 7.05 Å². The van der Waals surface area contributed by atoms with Crippen LogP contribution in [0.25, 0.3) is 22.0 Å². The number of H-pyrrole nitrogens is 1. The number of nitro groups is 1. The van der Waals surface area contributed by atoms with Crippen LogP contribution in [0.15, 0.2) is 55.0 Å². The van der Waals surface area contributed by atoms with Gasteiger partial charge in [0.05, 0.1) is 22.8 Å². The molecule has 0 spiro atoms. The zero-order chi connectivity index (χ0) is 17.4. The van der Waals surface area contributed by atoms with E-state index in [1.807, 2.05) is 19.2 Å². The number of nitrogens with zero attached hydrogens (tertiary/aromatic N) is 4. The van der Waals surface area contributed by atoms with Crippen LogP contribution < -0.4 is 4.74 Å². The fraction of sp³-hybridized carbons (Fsp3) is 0.0588. The first-order valence-corrected chi connectivity index (χ1v) is 7.49. The first-order chi connectivity index (χ1) is 12.1. The molecular formula is C17H13N5O3. The number of hydrogen-bond donors (Lipinski definition) is 1. The molecule has 1 N–H and O–H groups in total. The van der Waals surface area contributed by atoms with E-state index in [9.17, 15) is 10.1 Å². The van der Waals surface area contributed by atoms with Crippen molar-refractivity contribution in [2.24, 2.45) is 7.05 Å². The van der Waals surface area contributed by atoms with Gasteiger partial charge in [-0.3, -0.25) is 19.9 Å². The lowest BCUT2D eigenvalue weighted by atomic mass is 10.1. The van der Waals surface area contributed by atoms with E-state index in [4.69, 9.17) is 4.74 Å². The summed E-state index contributed by atoms with van der Waals surface area (Å²) in [4.78, 5) is 10.3. The largest absolute Gasteiger partial charge is 0.457 e. The second kappa shape index (κ2) is 5.75. The maximum Gasteiger partial charge on any atom is 0.269 e. The molecular weight excluding hydrogens is 322 g/mol. The summed E-state index contributed by atoms with van der Waals surface area (Å²) < 4.78 is 7.77. The number of nitro benzene ring substituents is 1. The fourth-order valence-electron chi connectivity index (χ4n) is 2.65. The summed E-state index contributed by atoms with van der Waals surface area (Å²) in [5, 5.41) is 22.8. The van der Waals surface area contributed by atoms with Gasteiger partial charge in [0.2, 0.25) is 0 Å². The van der Waals surface area contributed by atoms with Gasteiger partial charge in [-0.25, -0.2) is 0 Å². The molecule has 4 rings (SSSR count). The van der Waals surface area contributed by atoms with Crippen molar-refractivity contribution in [1.82, 2.24) is 20.0 Å². The van der Waals surface area contributed by atoms with Gasteiger partial charge >= 0.3 is 0 Å². The number of aromatic amines is 1. The molecule has 2 aromatic heterocycles. The number of nitrogens with one attached hydrogen (secondary N) is 1. The van der Waals surface area contributed by atoms with E-state index in [1.165, 1.54) is 12.1 Å². The number of ether oxygens (including phenoxy) is 1. The molecule has 0 aliphatic rings. The van der Waals surface area contributed by atoms with E-state index < -0.39 is 4.92 Å². The molecule has 0 radical (unpaired) electrons. The van der Waals surface area contributed by atoms with Crippen molar-refractivity contribution < 1.29 is 9.66 Å². The van der Waals surface area contributed by atoms with Crippen LogP contribution in [0.4, 0.5) is 5.69 Å². The van der Waals surface area contributed by atoms with Crippen molar-refractivity contribution in [2.45, 2.75) is 0 Å². The summed E-state index contributed by atoms with van der Waals surface area (Å²) in [5.41, 5.74) is 2.71. The van der Waals surface area contributed by atoms with E-state index in [0.29, 0.717) is 11.5 Å². The van der Waals surface area contributed by atoms with Crippen molar-refractivity contribution in [3.8, 4) is 22.6 Å². The van der Waals surface area contributed by atoms with Crippen LogP contribution in [-0.4, -0.2) is 24.9 Å². The van der Waals surface area contributed by atoms with Crippen molar-refractivity contribution in [3.05, 3.63) is 65.1 Å². The van der Waals surface area contributed by atoms with Gasteiger partial charge < -0.3 is 4.74 Å². The van der Waals surface area contributed by atoms with Gasteiger partial charge in [0.25, 0.3) is 5.69 Å². The Morgan fingerprint density at radius 2 is 2.00 bits per heavy atom. The van der Waals surface area contributed by atoms with Gasteiger partial charge in [0, 0.05) is 41.9 Å². The van der Waals surface area contributed by atoms with Crippen LogP contribution in [0, 0.1) is 10.1 Å². The molecule has 2 heterocycles. The lowest BCUT2D eigenvalue weighted by molar-refractivity contribution is -0.384. The van der Waals surface area contributed by atoms with Crippen molar-refractivity contribution >= 4 is 16.6 Å². The highest BCUT2D eigenvalue weighted by molar-refractivity contribution is 5.88. The smallest absolute Gasteiger partial charge is 0.269 e. The van der Waals surface area contributed by atoms with E-state index in [0.717, 1.165) is 22.0 Å². The average Bonchev–Trinajstić information content (AvgIpc) is 3.25. The highest BCUT2D eigenvalue weighted by Crippen LogP contribution is 2.36. The van der Waals surface area contributed by atoms with Gasteiger partial charge in [0.1, 0.15) is 11.5 Å². The van der Waals surface area contributed by atoms with Crippen molar-refractivity contribution in [2.75, 3.05) is 0 Å². The summed E-state index contributed by atoms with van der Waals surface area (Å²) in [6.45, 7) is 0. The van der Waals surface area contributed by atoms with Crippen LogP contribution in [0.2, 0.25) is 0 Å². The Kier molecular flexibility index (Phi) is 3.42. The molecule has 25 heavy (non-hydrogen) atoms. The maximum atomic E-state index is 10.8. The third-order valence-electron chi connectivity index (χ3n) is 3.93. The molecule has 0 aliphatic heterocycles. The molecule has 2 aromatic carbocycles. The minimum Gasteiger partial charge on any atom is -0.457 e. The Labute approximate surface area is 141 Å². The number of hydrogen-bond acceptors (Lipinski definition) is 5. The quantitative estimate of drug-likeness (QED) is 0.453. The van der Waals surface area contributed by atoms with Crippen molar-refractivity contribution in [3.63, 3.8) is 0 Å². The Balaban J connectivity index is 1.79. The lowest BCUT2D eigenvalue weighted by Gasteiger charge is -2.11. The SMILES string of the molecule is Cn1ncc2cc(Oc3ccc([N+](=O)[O-])cc3)c(-c3cn[nH]c3)cc21. The Morgan fingerprint density at radius 1 is 1.20 bits per heavy atom. The Morgan fingerprint density at radius 3 is 2.68 bits per heavy atom.